The number of benzene rings is 1. The second-order valence-electron chi connectivity index (χ2n) is 5.56. The number of hydrogen-bond donors (Lipinski definition) is 1. The smallest absolute Gasteiger partial charge is 0.272 e. The first-order chi connectivity index (χ1) is 11.1. The Morgan fingerprint density at radius 3 is 2.74 bits per heavy atom. The van der Waals surface area contributed by atoms with Crippen molar-refractivity contribution in [3.05, 3.63) is 64.5 Å². The summed E-state index contributed by atoms with van der Waals surface area (Å²) in [5.74, 6) is -0.553. The first-order valence-corrected chi connectivity index (χ1v) is 7.25. The normalized spacial score (nSPS) is 18.0. The molecule has 0 radical (unpaired) electrons. The Hall–Kier alpha value is -2.96. The molecule has 1 aromatic carbocycles. The van der Waals surface area contributed by atoms with Crippen LogP contribution in [-0.2, 0) is 4.79 Å². The van der Waals surface area contributed by atoms with Crippen LogP contribution in [0.4, 0.5) is 10.1 Å². The maximum absolute atomic E-state index is 13.0. The summed E-state index contributed by atoms with van der Waals surface area (Å²) in [5, 5.41) is 2.78. The third-order valence-electron chi connectivity index (χ3n) is 4.08. The monoisotopic (exact) mass is 312 g/mol. The van der Waals surface area contributed by atoms with Gasteiger partial charge in [0, 0.05) is 42.9 Å². The van der Waals surface area contributed by atoms with Crippen LogP contribution in [0.1, 0.15) is 18.0 Å². The van der Waals surface area contributed by atoms with Gasteiger partial charge in [0.25, 0.3) is 5.56 Å². The van der Waals surface area contributed by atoms with Crippen LogP contribution >= 0.6 is 0 Å². The number of anilines is 1. The van der Waals surface area contributed by atoms with Gasteiger partial charge in [-0.25, -0.2) is 13.9 Å². The van der Waals surface area contributed by atoms with Crippen LogP contribution in [0, 0.1) is 5.82 Å². The molecule has 1 atom stereocenters. The number of rotatable bonds is 2. The molecule has 0 unspecified atom stereocenters. The fraction of sp³-hybridized carbons (Fsp3) is 0.188. The van der Waals surface area contributed by atoms with Gasteiger partial charge in [0.15, 0.2) is 5.65 Å². The van der Waals surface area contributed by atoms with E-state index in [9.17, 15) is 14.0 Å². The van der Waals surface area contributed by atoms with Gasteiger partial charge >= 0.3 is 0 Å². The molecular weight excluding hydrogens is 299 g/mol. The number of hydrogen-bond acceptors (Lipinski definition) is 3. The van der Waals surface area contributed by atoms with Crippen molar-refractivity contribution >= 4 is 17.2 Å². The van der Waals surface area contributed by atoms with Crippen molar-refractivity contribution in [2.24, 2.45) is 0 Å². The molecule has 0 spiro atoms. The van der Waals surface area contributed by atoms with Gasteiger partial charge in [-0.3, -0.25) is 14.7 Å². The van der Waals surface area contributed by atoms with Crippen LogP contribution in [0.5, 0.6) is 0 Å². The Balaban J connectivity index is 1.66. The van der Waals surface area contributed by atoms with Crippen LogP contribution in [0.15, 0.2) is 47.4 Å². The molecule has 23 heavy (non-hydrogen) atoms. The number of halogens is 1. The van der Waals surface area contributed by atoms with E-state index < -0.39 is 0 Å². The van der Waals surface area contributed by atoms with Gasteiger partial charge in [-0.2, -0.15) is 0 Å². The lowest BCUT2D eigenvalue weighted by Gasteiger charge is -2.16. The number of aromatic amines is 1. The van der Waals surface area contributed by atoms with E-state index >= 15 is 0 Å². The number of carbonyl (C=O) groups excluding carboxylic acids is 1. The molecule has 2 aromatic heterocycles. The molecule has 1 amide bonds. The minimum absolute atomic E-state index is 0.0577. The van der Waals surface area contributed by atoms with E-state index in [1.165, 1.54) is 22.7 Å². The Bertz CT molecular complexity index is 945. The summed E-state index contributed by atoms with van der Waals surface area (Å²) in [5.41, 5.74) is 1.58. The van der Waals surface area contributed by atoms with E-state index in [1.54, 1.807) is 29.3 Å². The minimum atomic E-state index is -0.343. The average Bonchev–Trinajstić information content (AvgIpc) is 3.15. The average molecular weight is 312 g/mol. The Labute approximate surface area is 130 Å². The predicted octanol–water partition coefficient (Wildman–Crippen LogP) is 1.68. The van der Waals surface area contributed by atoms with Crippen LogP contribution in [0.2, 0.25) is 0 Å². The Kier molecular flexibility index (Phi) is 3.00. The summed E-state index contributed by atoms with van der Waals surface area (Å²) >= 11 is 0. The van der Waals surface area contributed by atoms with Crippen molar-refractivity contribution in [3.63, 3.8) is 0 Å². The molecule has 0 saturated carbocycles. The number of amides is 1. The predicted molar refractivity (Wildman–Crippen MR) is 81.9 cm³/mol. The Morgan fingerprint density at radius 1 is 1.17 bits per heavy atom. The zero-order valence-electron chi connectivity index (χ0n) is 12.1. The molecule has 1 aliphatic rings. The summed E-state index contributed by atoms with van der Waals surface area (Å²) < 4.78 is 14.4. The number of fused-ring (bicyclic) bond motifs is 1. The zero-order valence-corrected chi connectivity index (χ0v) is 12.1. The second-order valence-corrected chi connectivity index (χ2v) is 5.56. The van der Waals surface area contributed by atoms with Crippen molar-refractivity contribution in [2.75, 3.05) is 11.4 Å². The van der Waals surface area contributed by atoms with Gasteiger partial charge in [-0.1, -0.05) is 0 Å². The molecule has 1 saturated heterocycles. The molecule has 6 nitrogen and oxygen atoms in total. The van der Waals surface area contributed by atoms with Crippen molar-refractivity contribution in [1.29, 1.82) is 0 Å². The molecule has 3 aromatic rings. The molecule has 7 heteroatoms. The van der Waals surface area contributed by atoms with Crippen LogP contribution in [0.25, 0.3) is 5.65 Å². The number of carbonyl (C=O) groups is 1. The molecule has 4 rings (SSSR count). The van der Waals surface area contributed by atoms with Gasteiger partial charge in [0.2, 0.25) is 5.91 Å². The molecule has 1 aliphatic heterocycles. The van der Waals surface area contributed by atoms with E-state index in [0.29, 0.717) is 23.6 Å². The molecular formula is C16H13FN4O2. The lowest BCUT2D eigenvalue weighted by molar-refractivity contribution is -0.117. The lowest BCUT2D eigenvalue weighted by Crippen LogP contribution is -2.24. The number of H-pyrrole nitrogens is 1. The molecule has 0 bridgehead atoms. The first kappa shape index (κ1) is 13.7. The standard InChI is InChI=1S/C16H13FN4O2/c17-11-1-3-12(4-2-11)20-9-10(7-15(20)22)13-8-16(23)21-14(19-13)5-6-18-21/h1-6,8,10,18H,7,9H2/t10-/m0/s1. The molecule has 1 fully saturated rings. The van der Waals surface area contributed by atoms with Crippen molar-refractivity contribution in [2.45, 2.75) is 12.3 Å². The zero-order chi connectivity index (χ0) is 16.0. The largest absolute Gasteiger partial charge is 0.312 e. The maximum Gasteiger partial charge on any atom is 0.272 e. The summed E-state index contributed by atoms with van der Waals surface area (Å²) in [7, 11) is 0. The summed E-state index contributed by atoms with van der Waals surface area (Å²) in [4.78, 5) is 30.3. The van der Waals surface area contributed by atoms with Gasteiger partial charge in [-0.05, 0) is 24.3 Å². The number of nitrogens with one attached hydrogen (secondary N) is 1. The van der Waals surface area contributed by atoms with Gasteiger partial charge in [0.05, 0.1) is 5.69 Å². The maximum atomic E-state index is 13.0. The molecule has 3 heterocycles. The highest BCUT2D eigenvalue weighted by Crippen LogP contribution is 2.30. The molecule has 0 aliphatic carbocycles. The van der Waals surface area contributed by atoms with Gasteiger partial charge < -0.3 is 4.90 Å². The summed E-state index contributed by atoms with van der Waals surface area (Å²) in [6.07, 6.45) is 1.92. The van der Waals surface area contributed by atoms with Crippen molar-refractivity contribution in [1.82, 2.24) is 14.6 Å². The van der Waals surface area contributed by atoms with E-state index in [1.807, 2.05) is 0 Å². The third kappa shape index (κ3) is 2.30. The van der Waals surface area contributed by atoms with Crippen LogP contribution in [-0.4, -0.2) is 27.0 Å². The first-order valence-electron chi connectivity index (χ1n) is 7.25. The third-order valence-corrected chi connectivity index (χ3v) is 4.08. The highest BCUT2D eigenvalue weighted by atomic mass is 19.1. The van der Waals surface area contributed by atoms with E-state index in [4.69, 9.17) is 0 Å². The quantitative estimate of drug-likeness (QED) is 0.782. The van der Waals surface area contributed by atoms with Crippen molar-refractivity contribution in [3.8, 4) is 0 Å². The molecule has 116 valence electrons. The Morgan fingerprint density at radius 2 is 1.96 bits per heavy atom. The lowest BCUT2D eigenvalue weighted by atomic mass is 10.0. The fourth-order valence-corrected chi connectivity index (χ4v) is 2.93. The van der Waals surface area contributed by atoms with E-state index in [2.05, 4.69) is 10.1 Å². The topological polar surface area (TPSA) is 70.5 Å². The summed E-state index contributed by atoms with van der Waals surface area (Å²) in [6.45, 7) is 0.428. The molecule has 1 N–H and O–H groups in total. The van der Waals surface area contributed by atoms with Crippen LogP contribution < -0.4 is 10.5 Å². The van der Waals surface area contributed by atoms with Gasteiger partial charge in [0.1, 0.15) is 5.82 Å². The minimum Gasteiger partial charge on any atom is -0.312 e. The highest BCUT2D eigenvalue weighted by Gasteiger charge is 2.32. The fourth-order valence-electron chi connectivity index (χ4n) is 2.93. The van der Waals surface area contributed by atoms with Gasteiger partial charge in [-0.15, -0.1) is 0 Å². The number of aromatic nitrogens is 3. The van der Waals surface area contributed by atoms with Crippen LogP contribution in [0.3, 0.4) is 0 Å². The van der Waals surface area contributed by atoms with E-state index in [-0.39, 0.29) is 29.6 Å². The second kappa shape index (κ2) is 5.05. The number of nitrogens with zero attached hydrogens (tertiary/aromatic N) is 3. The summed E-state index contributed by atoms with van der Waals surface area (Å²) in [6, 6.07) is 8.97. The highest BCUT2D eigenvalue weighted by molar-refractivity contribution is 5.96. The van der Waals surface area contributed by atoms with Crippen molar-refractivity contribution < 1.29 is 9.18 Å². The SMILES string of the molecule is O=C1C[C@H](c2cc(=O)n3[nH]ccc3n2)CN1c1ccc(F)cc1. The van der Waals surface area contributed by atoms with E-state index in [0.717, 1.165) is 0 Å².